The first kappa shape index (κ1) is 35.7. The Morgan fingerprint density at radius 1 is 0.426 bits per heavy atom. The second-order valence-electron chi connectivity index (χ2n) is 17.0. The third-order valence-corrected chi connectivity index (χ3v) is 14.4. The van der Waals surface area contributed by atoms with Crippen molar-refractivity contribution in [2.75, 3.05) is 4.90 Å². The van der Waals surface area contributed by atoms with Crippen LogP contribution < -0.4 is 4.90 Å². The lowest BCUT2D eigenvalue weighted by Crippen LogP contribution is -2.16. The predicted octanol–water partition coefficient (Wildman–Crippen LogP) is 16.6. The second-order valence-corrected chi connectivity index (χ2v) is 18.1. The van der Waals surface area contributed by atoms with Crippen molar-refractivity contribution in [3.05, 3.63) is 217 Å². The highest BCUT2D eigenvalue weighted by Gasteiger charge is 2.35. The molecule has 0 radical (unpaired) electrons. The molecule has 61 heavy (non-hydrogen) atoms. The molecule has 0 aliphatic heterocycles. The van der Waals surface area contributed by atoms with Gasteiger partial charge in [0.1, 0.15) is 0 Å². The van der Waals surface area contributed by atoms with Gasteiger partial charge in [-0.1, -0.05) is 129 Å². The van der Waals surface area contributed by atoms with Crippen LogP contribution >= 0.6 is 11.3 Å². The van der Waals surface area contributed by atoms with E-state index in [1.165, 1.54) is 97.7 Å². The van der Waals surface area contributed by atoms with Gasteiger partial charge in [-0.15, -0.1) is 11.3 Å². The van der Waals surface area contributed by atoms with Crippen molar-refractivity contribution in [1.29, 1.82) is 0 Å². The summed E-state index contributed by atoms with van der Waals surface area (Å²) in [6.07, 6.45) is 0. The van der Waals surface area contributed by atoms with E-state index in [9.17, 15) is 0 Å². The minimum Gasteiger partial charge on any atom is -0.310 e. The molecule has 11 aromatic rings. The average Bonchev–Trinajstić information content (AvgIpc) is 3.92. The molecule has 2 nitrogen and oxygen atoms in total. The topological polar surface area (TPSA) is 8.17 Å². The Morgan fingerprint density at radius 3 is 1.89 bits per heavy atom. The summed E-state index contributed by atoms with van der Waals surface area (Å²) < 4.78 is 5.03. The van der Waals surface area contributed by atoms with Crippen LogP contribution in [0.1, 0.15) is 30.5 Å². The summed E-state index contributed by atoms with van der Waals surface area (Å²) in [5, 5.41) is 5.11. The molecule has 0 atom stereocenters. The van der Waals surface area contributed by atoms with Crippen molar-refractivity contribution in [3.8, 4) is 39.1 Å². The number of nitrogens with zero attached hydrogens (tertiary/aromatic N) is 2. The number of hydrogen-bond donors (Lipinski definition) is 0. The van der Waals surface area contributed by atoms with Crippen molar-refractivity contribution in [1.82, 2.24) is 4.57 Å². The van der Waals surface area contributed by atoms with E-state index in [1.807, 2.05) is 11.3 Å². The van der Waals surface area contributed by atoms with Crippen LogP contribution in [0, 0.1) is 6.92 Å². The van der Waals surface area contributed by atoms with Crippen LogP contribution in [-0.4, -0.2) is 4.57 Å². The Labute approximate surface area is 360 Å². The number of anilines is 3. The van der Waals surface area contributed by atoms with E-state index in [1.54, 1.807) is 0 Å². The van der Waals surface area contributed by atoms with Crippen LogP contribution in [0.3, 0.4) is 0 Å². The first-order valence-corrected chi connectivity index (χ1v) is 22.0. The zero-order valence-corrected chi connectivity index (χ0v) is 35.2. The first-order chi connectivity index (χ1) is 29.9. The largest absolute Gasteiger partial charge is 0.310 e. The molecule has 2 aromatic heterocycles. The summed E-state index contributed by atoms with van der Waals surface area (Å²) in [6.45, 7) is 7.00. The fraction of sp³-hybridized carbons (Fsp3) is 0.0690. The van der Waals surface area contributed by atoms with E-state index >= 15 is 0 Å². The van der Waals surface area contributed by atoms with Gasteiger partial charge in [0.2, 0.25) is 0 Å². The molecule has 0 amide bonds. The van der Waals surface area contributed by atoms with Crippen molar-refractivity contribution >= 4 is 70.4 Å². The maximum Gasteiger partial charge on any atom is 0.0541 e. The summed E-state index contributed by atoms with van der Waals surface area (Å²) in [7, 11) is 0. The number of thiophene rings is 1. The van der Waals surface area contributed by atoms with Crippen molar-refractivity contribution in [2.45, 2.75) is 26.2 Å². The highest BCUT2D eigenvalue weighted by Crippen LogP contribution is 2.51. The van der Waals surface area contributed by atoms with E-state index in [2.05, 4.69) is 230 Å². The molecule has 0 saturated carbocycles. The van der Waals surface area contributed by atoms with Gasteiger partial charge in [-0.05, 0) is 142 Å². The quantitative estimate of drug-likeness (QED) is 0.163. The Hall–Kier alpha value is -7.20. The number of benzene rings is 9. The van der Waals surface area contributed by atoms with Gasteiger partial charge < -0.3 is 9.47 Å². The summed E-state index contributed by atoms with van der Waals surface area (Å²) >= 11 is 1.90. The van der Waals surface area contributed by atoms with E-state index in [-0.39, 0.29) is 5.41 Å². The molecular formula is C58H42N2S. The number of rotatable bonds is 6. The lowest BCUT2D eigenvalue weighted by Gasteiger charge is -2.28. The maximum absolute atomic E-state index is 2.45. The molecule has 1 aliphatic rings. The molecule has 0 unspecified atom stereocenters. The minimum atomic E-state index is -0.105. The van der Waals surface area contributed by atoms with Gasteiger partial charge in [0, 0.05) is 59.1 Å². The van der Waals surface area contributed by atoms with Gasteiger partial charge in [-0.2, -0.15) is 0 Å². The fourth-order valence-electron chi connectivity index (χ4n) is 10.1. The molecule has 2 heterocycles. The fourth-order valence-corrected chi connectivity index (χ4v) is 11.2. The second kappa shape index (κ2) is 13.7. The van der Waals surface area contributed by atoms with E-state index in [4.69, 9.17) is 0 Å². The highest BCUT2D eigenvalue weighted by molar-refractivity contribution is 7.26. The summed E-state index contributed by atoms with van der Waals surface area (Å²) in [5.74, 6) is 0. The highest BCUT2D eigenvalue weighted by atomic mass is 32.1. The summed E-state index contributed by atoms with van der Waals surface area (Å²) in [4.78, 5) is 2.45. The average molecular weight is 799 g/mol. The summed E-state index contributed by atoms with van der Waals surface area (Å²) in [5.41, 5.74) is 18.6. The van der Waals surface area contributed by atoms with Crippen LogP contribution in [0.25, 0.3) is 81.0 Å². The molecule has 0 N–H and O–H groups in total. The van der Waals surface area contributed by atoms with Crippen LogP contribution in [0.4, 0.5) is 17.1 Å². The van der Waals surface area contributed by atoms with Gasteiger partial charge in [-0.25, -0.2) is 0 Å². The monoisotopic (exact) mass is 798 g/mol. The number of para-hydroxylation sites is 2. The van der Waals surface area contributed by atoms with Gasteiger partial charge in [0.25, 0.3) is 0 Å². The van der Waals surface area contributed by atoms with Crippen molar-refractivity contribution in [3.63, 3.8) is 0 Å². The minimum absolute atomic E-state index is 0.105. The number of aromatic nitrogens is 1. The molecular weight excluding hydrogens is 757 g/mol. The van der Waals surface area contributed by atoms with Gasteiger partial charge in [-0.3, -0.25) is 0 Å². The molecule has 0 spiro atoms. The lowest BCUT2D eigenvalue weighted by atomic mass is 9.82. The Bertz CT molecular complexity index is 3500. The third kappa shape index (κ3) is 5.61. The Morgan fingerprint density at radius 2 is 1.05 bits per heavy atom. The molecule has 9 aromatic carbocycles. The zero-order valence-electron chi connectivity index (χ0n) is 34.4. The normalized spacial score (nSPS) is 13.0. The number of fused-ring (bicyclic) bond motifs is 9. The van der Waals surface area contributed by atoms with E-state index in [0.29, 0.717) is 0 Å². The molecule has 0 fully saturated rings. The van der Waals surface area contributed by atoms with Crippen molar-refractivity contribution in [2.24, 2.45) is 0 Å². The molecule has 290 valence electrons. The number of hydrogen-bond acceptors (Lipinski definition) is 2. The van der Waals surface area contributed by atoms with Crippen LogP contribution in [0.15, 0.2) is 200 Å². The van der Waals surface area contributed by atoms with Gasteiger partial charge >= 0.3 is 0 Å². The lowest BCUT2D eigenvalue weighted by molar-refractivity contribution is 0.660. The predicted molar refractivity (Wildman–Crippen MR) is 262 cm³/mol. The Balaban J connectivity index is 1.01. The van der Waals surface area contributed by atoms with E-state index < -0.39 is 0 Å². The van der Waals surface area contributed by atoms with Crippen LogP contribution in [0.5, 0.6) is 0 Å². The standard InChI is InChI=1S/C58H42N2S/c1-37-32-41(40-24-30-55-49(33-40)48-19-11-13-21-54(48)60(55)42-16-8-5-9-17-42)34-51-50-35-44(28-31-56(50)61-57(37)51)59(43-25-22-39(23-26-43)38-14-6-4-7-15-38)45-27-29-47-46-18-10-12-20-52(46)58(2,3)53(47)36-45/h4-36H,1-3H3. The number of aryl methyl sites for hydroxylation is 1. The molecule has 0 bridgehead atoms. The van der Waals surface area contributed by atoms with Crippen LogP contribution in [-0.2, 0) is 5.41 Å². The SMILES string of the molecule is Cc1cc(-c2ccc3c(c2)c2ccccc2n3-c2ccccc2)cc2c1sc1ccc(N(c3ccc(-c4ccccc4)cc3)c3ccc4c(c3)C(C)(C)c3ccccc3-4)cc12. The van der Waals surface area contributed by atoms with Crippen LogP contribution in [0.2, 0.25) is 0 Å². The Kier molecular flexibility index (Phi) is 8.01. The molecule has 3 heteroatoms. The summed E-state index contributed by atoms with van der Waals surface area (Å²) in [6, 6.07) is 74.0. The molecule has 12 rings (SSSR count). The molecule has 0 saturated heterocycles. The molecule has 1 aliphatic carbocycles. The van der Waals surface area contributed by atoms with Crippen molar-refractivity contribution < 1.29 is 0 Å². The van der Waals surface area contributed by atoms with E-state index in [0.717, 1.165) is 17.1 Å². The zero-order chi connectivity index (χ0) is 40.8. The van der Waals surface area contributed by atoms with Gasteiger partial charge in [0.05, 0.1) is 11.0 Å². The maximum atomic E-state index is 2.45. The third-order valence-electron chi connectivity index (χ3n) is 13.1. The first-order valence-electron chi connectivity index (χ1n) is 21.2. The van der Waals surface area contributed by atoms with Gasteiger partial charge in [0.15, 0.2) is 0 Å². The smallest absolute Gasteiger partial charge is 0.0541 e.